The second-order valence-electron chi connectivity index (χ2n) is 7.77. The molecule has 0 radical (unpaired) electrons. The zero-order valence-corrected chi connectivity index (χ0v) is 16.7. The van der Waals surface area contributed by atoms with Crippen molar-refractivity contribution in [2.75, 3.05) is 23.7 Å². The Bertz CT molecular complexity index is 1110. The van der Waals surface area contributed by atoms with E-state index in [9.17, 15) is 4.79 Å². The summed E-state index contributed by atoms with van der Waals surface area (Å²) in [6, 6.07) is 0.0988. The molecule has 4 heterocycles. The van der Waals surface area contributed by atoms with Crippen LogP contribution in [-0.4, -0.2) is 54.7 Å². The molecule has 0 bridgehead atoms. The first kappa shape index (κ1) is 18.0. The molecule has 2 aliphatic rings. The minimum Gasteiger partial charge on any atom is -0.364 e. The van der Waals surface area contributed by atoms with Crippen LogP contribution >= 0.6 is 11.6 Å². The van der Waals surface area contributed by atoms with Gasteiger partial charge in [0.05, 0.1) is 28.3 Å². The number of nitrogens with zero attached hydrogens (tertiary/aromatic N) is 5. The molecule has 1 aliphatic heterocycles. The van der Waals surface area contributed by atoms with Gasteiger partial charge in [0.1, 0.15) is 11.5 Å². The number of carbonyl (C=O) groups excluding carboxylic acids is 1. The number of hydrogen-bond donors (Lipinski definition) is 3. The van der Waals surface area contributed by atoms with Crippen molar-refractivity contribution in [1.29, 1.82) is 0 Å². The molecule has 1 amide bonds. The van der Waals surface area contributed by atoms with E-state index < -0.39 is 0 Å². The van der Waals surface area contributed by atoms with Crippen molar-refractivity contribution >= 4 is 46.0 Å². The molecule has 150 valence electrons. The Balaban J connectivity index is 1.48. The van der Waals surface area contributed by atoms with Crippen molar-refractivity contribution < 1.29 is 4.79 Å². The van der Waals surface area contributed by atoms with Gasteiger partial charge in [-0.25, -0.2) is 0 Å². The number of aromatic amines is 1. The SMILES string of the molecule is C=CC(=O)N1C[C@H](Nc2nc(Nc3cnn(C)c3)nc3[nH]cc(Cl)c23)C2(CC2)C1. The quantitative estimate of drug-likeness (QED) is 0.556. The third-order valence-electron chi connectivity index (χ3n) is 5.78. The van der Waals surface area contributed by atoms with Gasteiger partial charge in [-0.1, -0.05) is 18.2 Å². The van der Waals surface area contributed by atoms with Gasteiger partial charge in [-0.2, -0.15) is 15.1 Å². The molecule has 3 aromatic rings. The maximum absolute atomic E-state index is 12.1. The van der Waals surface area contributed by atoms with E-state index in [1.54, 1.807) is 17.1 Å². The third-order valence-corrected chi connectivity index (χ3v) is 6.08. The monoisotopic (exact) mass is 412 g/mol. The maximum Gasteiger partial charge on any atom is 0.246 e. The second-order valence-corrected chi connectivity index (χ2v) is 8.17. The number of amides is 1. The van der Waals surface area contributed by atoms with E-state index in [-0.39, 0.29) is 17.4 Å². The van der Waals surface area contributed by atoms with Gasteiger partial charge < -0.3 is 20.5 Å². The van der Waals surface area contributed by atoms with Gasteiger partial charge in [0.25, 0.3) is 0 Å². The Labute approximate surface area is 172 Å². The maximum atomic E-state index is 12.1. The van der Waals surface area contributed by atoms with Crippen LogP contribution in [0.5, 0.6) is 0 Å². The van der Waals surface area contributed by atoms with Crippen molar-refractivity contribution in [3.8, 4) is 0 Å². The molecule has 1 atom stereocenters. The van der Waals surface area contributed by atoms with Gasteiger partial charge in [-0.15, -0.1) is 0 Å². The molecule has 3 aromatic heterocycles. The highest BCUT2D eigenvalue weighted by Crippen LogP contribution is 2.54. The molecule has 9 nitrogen and oxygen atoms in total. The van der Waals surface area contributed by atoms with Crippen LogP contribution in [0.2, 0.25) is 5.02 Å². The summed E-state index contributed by atoms with van der Waals surface area (Å²) in [5, 5.41) is 12.2. The molecule has 0 aromatic carbocycles. The predicted molar refractivity (Wildman–Crippen MR) is 111 cm³/mol. The average molecular weight is 413 g/mol. The van der Waals surface area contributed by atoms with Crippen molar-refractivity contribution in [2.24, 2.45) is 12.5 Å². The molecule has 1 saturated carbocycles. The highest BCUT2D eigenvalue weighted by molar-refractivity contribution is 6.36. The van der Waals surface area contributed by atoms with Gasteiger partial charge in [0.2, 0.25) is 11.9 Å². The lowest BCUT2D eigenvalue weighted by Gasteiger charge is -2.20. The van der Waals surface area contributed by atoms with Crippen LogP contribution in [0.1, 0.15) is 12.8 Å². The van der Waals surface area contributed by atoms with Crippen molar-refractivity contribution in [1.82, 2.24) is 29.6 Å². The summed E-state index contributed by atoms with van der Waals surface area (Å²) in [6.45, 7) is 4.97. The second kappa shape index (κ2) is 6.48. The summed E-state index contributed by atoms with van der Waals surface area (Å²) in [5.41, 5.74) is 1.52. The van der Waals surface area contributed by atoms with Gasteiger partial charge in [-0.3, -0.25) is 9.48 Å². The molecule has 5 rings (SSSR count). The van der Waals surface area contributed by atoms with Crippen LogP contribution < -0.4 is 10.6 Å². The topological polar surface area (TPSA) is 104 Å². The first-order valence-corrected chi connectivity index (χ1v) is 9.83. The first-order chi connectivity index (χ1) is 14.0. The van der Waals surface area contributed by atoms with Crippen LogP contribution in [0.4, 0.5) is 17.5 Å². The van der Waals surface area contributed by atoms with Gasteiger partial charge in [0, 0.05) is 37.9 Å². The lowest BCUT2D eigenvalue weighted by molar-refractivity contribution is -0.125. The van der Waals surface area contributed by atoms with Crippen LogP contribution in [0.25, 0.3) is 11.0 Å². The minimum absolute atomic E-state index is 0.0352. The Hall–Kier alpha value is -3.07. The highest BCUT2D eigenvalue weighted by Gasteiger charge is 2.56. The van der Waals surface area contributed by atoms with Crippen molar-refractivity contribution in [3.05, 3.63) is 36.3 Å². The summed E-state index contributed by atoms with van der Waals surface area (Å²) in [4.78, 5) is 26.3. The van der Waals surface area contributed by atoms with E-state index in [0.717, 1.165) is 30.5 Å². The van der Waals surface area contributed by atoms with Crippen LogP contribution in [0.15, 0.2) is 31.2 Å². The smallest absolute Gasteiger partial charge is 0.246 e. The Kier molecular flexibility index (Phi) is 4.02. The van der Waals surface area contributed by atoms with Crippen LogP contribution in [0.3, 0.4) is 0 Å². The standard InChI is InChI=1S/C19H21ClN8O/c1-3-14(29)28-9-13(19(10-28)4-5-19)24-17-15-12(20)7-21-16(15)25-18(26-17)23-11-6-22-27(2)8-11/h3,6-8,13H,1,4-5,9-10H2,2H3,(H3,21,23,24,25,26)/t13-/m0/s1. The van der Waals surface area contributed by atoms with Crippen molar-refractivity contribution in [2.45, 2.75) is 18.9 Å². The summed E-state index contributed by atoms with van der Waals surface area (Å²) in [5.74, 6) is 1.05. The Morgan fingerprint density at radius 2 is 2.28 bits per heavy atom. The number of rotatable bonds is 5. The number of H-pyrrole nitrogens is 1. The average Bonchev–Trinajstić information content (AvgIpc) is 2.99. The van der Waals surface area contributed by atoms with Gasteiger partial charge >= 0.3 is 0 Å². The Morgan fingerprint density at radius 1 is 1.45 bits per heavy atom. The molecule has 0 unspecified atom stereocenters. The molecular weight excluding hydrogens is 392 g/mol. The number of hydrogen-bond acceptors (Lipinski definition) is 6. The zero-order valence-electron chi connectivity index (χ0n) is 15.9. The van der Waals surface area contributed by atoms with E-state index in [1.165, 1.54) is 6.08 Å². The summed E-state index contributed by atoms with van der Waals surface area (Å²) >= 11 is 6.40. The zero-order chi connectivity index (χ0) is 20.2. The normalized spacial score (nSPS) is 19.7. The highest BCUT2D eigenvalue weighted by atomic mass is 35.5. The number of halogens is 1. The molecular formula is C19H21ClN8O. The molecule has 1 saturated heterocycles. The number of aromatic nitrogens is 5. The first-order valence-electron chi connectivity index (χ1n) is 9.46. The van der Waals surface area contributed by atoms with E-state index in [1.807, 2.05) is 18.1 Å². The van der Waals surface area contributed by atoms with E-state index in [2.05, 4.69) is 37.3 Å². The lowest BCUT2D eigenvalue weighted by Crippen LogP contribution is -2.31. The third kappa shape index (κ3) is 3.11. The summed E-state index contributed by atoms with van der Waals surface area (Å²) in [7, 11) is 1.85. The fourth-order valence-electron chi connectivity index (χ4n) is 4.07. The number of anilines is 3. The van der Waals surface area contributed by atoms with Gasteiger partial charge in [0.15, 0.2) is 0 Å². The summed E-state index contributed by atoms with van der Waals surface area (Å²) in [6.07, 6.45) is 8.80. The van der Waals surface area contributed by atoms with E-state index in [0.29, 0.717) is 29.0 Å². The molecule has 10 heteroatoms. The number of fused-ring (bicyclic) bond motifs is 1. The lowest BCUT2D eigenvalue weighted by atomic mass is 10.0. The fraction of sp³-hybridized carbons (Fsp3) is 0.368. The number of aryl methyl sites for hydroxylation is 1. The molecule has 1 spiro atoms. The van der Waals surface area contributed by atoms with Crippen LogP contribution in [0, 0.1) is 5.41 Å². The number of nitrogens with one attached hydrogen (secondary N) is 3. The van der Waals surface area contributed by atoms with Crippen molar-refractivity contribution in [3.63, 3.8) is 0 Å². The van der Waals surface area contributed by atoms with Crippen LogP contribution in [-0.2, 0) is 11.8 Å². The largest absolute Gasteiger partial charge is 0.364 e. The van der Waals surface area contributed by atoms with E-state index >= 15 is 0 Å². The van der Waals surface area contributed by atoms with E-state index in [4.69, 9.17) is 11.6 Å². The molecule has 29 heavy (non-hydrogen) atoms. The Morgan fingerprint density at radius 3 is 2.97 bits per heavy atom. The number of carbonyl (C=O) groups is 1. The molecule has 1 aliphatic carbocycles. The predicted octanol–water partition coefficient (Wildman–Crippen LogP) is 2.68. The fourth-order valence-corrected chi connectivity index (χ4v) is 4.30. The summed E-state index contributed by atoms with van der Waals surface area (Å²) < 4.78 is 1.70. The molecule has 2 fully saturated rings. The minimum atomic E-state index is -0.0352. The molecule has 3 N–H and O–H groups in total. The number of likely N-dealkylation sites (tertiary alicyclic amines) is 1. The van der Waals surface area contributed by atoms with Gasteiger partial charge in [-0.05, 0) is 18.9 Å².